The van der Waals surface area contributed by atoms with Crippen molar-refractivity contribution in [3.63, 3.8) is 0 Å². The number of sulfonamides is 1. The van der Waals surface area contributed by atoms with Crippen LogP contribution in [0, 0.1) is 17.7 Å². The Hall–Kier alpha value is -3.07. The number of hydrogen-bond acceptors (Lipinski definition) is 5. The van der Waals surface area contributed by atoms with Crippen LogP contribution in [-0.4, -0.2) is 44.7 Å². The van der Waals surface area contributed by atoms with E-state index in [0.717, 1.165) is 73.9 Å². The van der Waals surface area contributed by atoms with Crippen molar-refractivity contribution in [3.05, 3.63) is 84.3 Å². The van der Waals surface area contributed by atoms with Crippen LogP contribution in [0.25, 0.3) is 22.1 Å². The molecule has 0 amide bonds. The zero-order chi connectivity index (χ0) is 27.5. The molecule has 1 aliphatic carbocycles. The summed E-state index contributed by atoms with van der Waals surface area (Å²) in [5.41, 5.74) is 3.35. The maximum atomic E-state index is 13.5. The molecule has 6 rings (SSSR count). The van der Waals surface area contributed by atoms with Crippen molar-refractivity contribution in [1.82, 2.24) is 14.8 Å². The number of aromatic nitrogens is 1. The van der Waals surface area contributed by atoms with Crippen molar-refractivity contribution in [2.75, 3.05) is 26.2 Å². The second-order valence-corrected chi connectivity index (χ2v) is 13.1. The molecule has 0 radical (unpaired) electrons. The molecule has 2 atom stereocenters. The Labute approximate surface area is 235 Å². The lowest BCUT2D eigenvalue weighted by atomic mass is 9.78. The predicted octanol–water partition coefficient (Wildman–Crippen LogP) is 6.60. The van der Waals surface area contributed by atoms with Crippen LogP contribution in [0.15, 0.2) is 82.2 Å². The van der Waals surface area contributed by atoms with Gasteiger partial charge in [-0.25, -0.2) is 17.5 Å². The molecule has 1 saturated carbocycles. The Morgan fingerprint density at radius 3 is 2.42 bits per heavy atom. The first-order valence-electron chi connectivity index (χ1n) is 14.4. The van der Waals surface area contributed by atoms with Crippen LogP contribution in [0.2, 0.25) is 0 Å². The molecule has 8 heteroatoms. The SMILES string of the molecule is O=S(=O)(NC[C@@H]1CCCC[C@H]1CN1CCC(c2noc3cc(F)ccc23)CC1)c1cccc(-c2ccccc2)c1. The fraction of sp³-hybridized carbons (Fsp3) is 0.406. The average Bonchev–Trinajstić information content (AvgIpc) is 3.41. The minimum Gasteiger partial charge on any atom is -0.356 e. The highest BCUT2D eigenvalue weighted by Gasteiger charge is 2.31. The Balaban J connectivity index is 1.06. The molecular weight excluding hydrogens is 525 g/mol. The minimum absolute atomic E-state index is 0.309. The molecule has 1 aromatic heterocycles. The van der Waals surface area contributed by atoms with E-state index in [1.54, 1.807) is 18.2 Å². The Morgan fingerprint density at radius 2 is 1.62 bits per heavy atom. The lowest BCUT2D eigenvalue weighted by Gasteiger charge is -2.38. The predicted molar refractivity (Wildman–Crippen MR) is 155 cm³/mol. The van der Waals surface area contributed by atoms with Gasteiger partial charge in [0.2, 0.25) is 10.0 Å². The summed E-state index contributed by atoms with van der Waals surface area (Å²) in [5.74, 6) is 0.797. The van der Waals surface area contributed by atoms with Gasteiger partial charge in [-0.15, -0.1) is 0 Å². The molecule has 40 heavy (non-hydrogen) atoms. The number of rotatable bonds is 8. The van der Waals surface area contributed by atoms with Gasteiger partial charge in [0.1, 0.15) is 5.82 Å². The Bertz CT molecular complexity index is 1550. The molecule has 3 aromatic carbocycles. The number of nitrogens with one attached hydrogen (secondary N) is 1. The lowest BCUT2D eigenvalue weighted by molar-refractivity contribution is 0.128. The summed E-state index contributed by atoms with van der Waals surface area (Å²) in [6.07, 6.45) is 6.51. The second kappa shape index (κ2) is 11.8. The van der Waals surface area contributed by atoms with E-state index in [1.165, 1.54) is 18.6 Å². The number of benzene rings is 3. The van der Waals surface area contributed by atoms with Crippen LogP contribution in [-0.2, 0) is 10.0 Å². The van der Waals surface area contributed by atoms with Crippen LogP contribution >= 0.6 is 0 Å². The first-order valence-corrected chi connectivity index (χ1v) is 15.9. The fourth-order valence-corrected chi connectivity index (χ4v) is 7.65. The molecule has 6 nitrogen and oxygen atoms in total. The Kier molecular flexibility index (Phi) is 8.01. The third kappa shape index (κ3) is 5.99. The molecule has 1 aliphatic heterocycles. The molecule has 4 aromatic rings. The summed E-state index contributed by atoms with van der Waals surface area (Å²) in [5, 5.41) is 5.19. The number of nitrogens with zero attached hydrogens (tertiary/aromatic N) is 2. The first kappa shape index (κ1) is 27.1. The van der Waals surface area contributed by atoms with Crippen molar-refractivity contribution in [1.29, 1.82) is 0 Å². The largest absolute Gasteiger partial charge is 0.356 e. The van der Waals surface area contributed by atoms with Gasteiger partial charge in [0.25, 0.3) is 0 Å². The van der Waals surface area contributed by atoms with Crippen LogP contribution < -0.4 is 4.72 Å². The van der Waals surface area contributed by atoms with Gasteiger partial charge in [-0.1, -0.05) is 60.5 Å². The van der Waals surface area contributed by atoms with Gasteiger partial charge in [-0.05, 0) is 86.0 Å². The topological polar surface area (TPSA) is 75.4 Å². The maximum absolute atomic E-state index is 13.5. The highest BCUT2D eigenvalue weighted by molar-refractivity contribution is 7.89. The van der Waals surface area contributed by atoms with E-state index < -0.39 is 10.0 Å². The zero-order valence-electron chi connectivity index (χ0n) is 22.6. The summed E-state index contributed by atoms with van der Waals surface area (Å²) in [4.78, 5) is 2.84. The number of fused-ring (bicyclic) bond motifs is 1. The van der Waals surface area contributed by atoms with E-state index in [4.69, 9.17) is 4.52 Å². The summed E-state index contributed by atoms with van der Waals surface area (Å²) < 4.78 is 48.4. The van der Waals surface area contributed by atoms with Crippen LogP contribution in [0.4, 0.5) is 4.39 Å². The zero-order valence-corrected chi connectivity index (χ0v) is 23.5. The van der Waals surface area contributed by atoms with Gasteiger partial charge >= 0.3 is 0 Å². The molecule has 0 spiro atoms. The summed E-state index contributed by atoms with van der Waals surface area (Å²) in [6, 6.07) is 21.7. The minimum atomic E-state index is -3.60. The normalized spacial score (nSPS) is 21.1. The first-order chi connectivity index (χ1) is 19.5. The molecule has 2 aliphatic rings. The monoisotopic (exact) mass is 561 g/mol. The van der Waals surface area contributed by atoms with Gasteiger partial charge in [-0.2, -0.15) is 0 Å². The van der Waals surface area contributed by atoms with E-state index in [2.05, 4.69) is 14.8 Å². The number of piperidine rings is 1. The van der Waals surface area contributed by atoms with Gasteiger partial charge in [0.15, 0.2) is 5.58 Å². The molecule has 1 N–H and O–H groups in total. The van der Waals surface area contributed by atoms with Crippen LogP contribution in [0.3, 0.4) is 0 Å². The Morgan fingerprint density at radius 1 is 0.875 bits per heavy atom. The van der Waals surface area contributed by atoms with Gasteiger partial charge in [-0.3, -0.25) is 0 Å². The van der Waals surface area contributed by atoms with Gasteiger partial charge in [0.05, 0.1) is 10.6 Å². The third-order valence-electron chi connectivity index (χ3n) is 8.78. The van der Waals surface area contributed by atoms with Crippen LogP contribution in [0.1, 0.15) is 50.1 Å². The number of hydrogen-bond donors (Lipinski definition) is 1. The average molecular weight is 562 g/mol. The quantitative estimate of drug-likeness (QED) is 0.262. The highest BCUT2D eigenvalue weighted by Crippen LogP contribution is 2.35. The van der Waals surface area contributed by atoms with Gasteiger partial charge < -0.3 is 9.42 Å². The molecule has 1 saturated heterocycles. The highest BCUT2D eigenvalue weighted by atomic mass is 32.2. The molecule has 2 fully saturated rings. The molecule has 0 bridgehead atoms. The van der Waals surface area contributed by atoms with Crippen molar-refractivity contribution in [3.8, 4) is 11.1 Å². The summed E-state index contributed by atoms with van der Waals surface area (Å²) >= 11 is 0. The number of halogens is 1. The van der Waals surface area contributed by atoms with Crippen molar-refractivity contribution >= 4 is 21.0 Å². The molecular formula is C32H36FN3O3S. The van der Waals surface area contributed by atoms with E-state index in [1.807, 2.05) is 42.5 Å². The van der Waals surface area contributed by atoms with E-state index >= 15 is 0 Å². The fourth-order valence-electron chi connectivity index (χ4n) is 6.51. The van der Waals surface area contributed by atoms with Crippen molar-refractivity contribution in [2.45, 2.75) is 49.3 Å². The smallest absolute Gasteiger partial charge is 0.240 e. The van der Waals surface area contributed by atoms with E-state index in [9.17, 15) is 12.8 Å². The lowest BCUT2D eigenvalue weighted by Crippen LogP contribution is -2.42. The van der Waals surface area contributed by atoms with Gasteiger partial charge in [0, 0.05) is 30.5 Å². The summed E-state index contributed by atoms with van der Waals surface area (Å²) in [7, 11) is -3.60. The third-order valence-corrected chi connectivity index (χ3v) is 10.2. The molecule has 210 valence electrons. The second-order valence-electron chi connectivity index (χ2n) is 11.3. The van der Waals surface area contributed by atoms with Crippen LogP contribution in [0.5, 0.6) is 0 Å². The van der Waals surface area contributed by atoms with Crippen molar-refractivity contribution in [2.24, 2.45) is 11.8 Å². The molecule has 2 heterocycles. The van der Waals surface area contributed by atoms with E-state index in [-0.39, 0.29) is 5.82 Å². The maximum Gasteiger partial charge on any atom is 0.240 e. The number of likely N-dealkylation sites (tertiary alicyclic amines) is 1. The summed E-state index contributed by atoms with van der Waals surface area (Å²) in [6.45, 7) is 3.41. The van der Waals surface area contributed by atoms with Crippen molar-refractivity contribution < 1.29 is 17.3 Å². The standard InChI is InChI=1S/C32H36FN3O3S/c33-28-13-14-30-31(20-28)39-35-32(30)24-15-17-36(18-16-24)22-27-10-5-4-9-26(27)21-34-40(37,38)29-12-6-11-25(19-29)23-7-2-1-3-8-23/h1-3,6-8,11-14,19-20,24,26-27,34H,4-5,9-10,15-18,21-22H2/t26-,27-/m0/s1. The molecule has 0 unspecified atom stereocenters. The van der Waals surface area contributed by atoms with E-state index in [0.29, 0.717) is 34.8 Å².